The second kappa shape index (κ2) is 26.2. The largest absolute Gasteiger partial charge is 0 e. The maximum atomic E-state index is 0. The Hall–Kier alpha value is 3.42. The van der Waals surface area contributed by atoms with E-state index in [0.29, 0.717) is 0 Å². The van der Waals surface area contributed by atoms with Crippen molar-refractivity contribution in [3.63, 3.8) is 0 Å². The Morgan fingerprint density at radius 2 is 1.00 bits per heavy atom. The molecule has 5 heteroatoms. The molecule has 0 atom stereocenters. The molecule has 0 amide bonds. The molecule has 0 aromatic heterocycles. The van der Waals surface area contributed by atoms with Crippen LogP contribution in [0.25, 0.3) is 0 Å². The van der Waals surface area contributed by atoms with Crippen LogP contribution in [0.15, 0.2) is 0 Å². The molecule has 0 aromatic carbocycles. The van der Waals surface area contributed by atoms with Crippen LogP contribution in [0.3, 0.4) is 0 Å². The molecule has 0 aliphatic heterocycles. The van der Waals surface area contributed by atoms with Gasteiger partial charge in [0, 0.05) is 105 Å². The van der Waals surface area contributed by atoms with E-state index < -0.39 is 0 Å². The van der Waals surface area contributed by atoms with Gasteiger partial charge >= 0.3 is 0 Å². The third-order valence-corrected chi connectivity index (χ3v) is 0. The topological polar surface area (TPSA) is 0 Å². The molecule has 0 aromatic rings. The minimum atomic E-state index is 0. The van der Waals surface area contributed by atoms with E-state index in [4.69, 9.17) is 0 Å². The fourth-order valence-electron chi connectivity index (χ4n) is 0. The van der Waals surface area contributed by atoms with E-state index in [2.05, 4.69) is 0 Å². The van der Waals surface area contributed by atoms with E-state index in [-0.39, 0.29) is 105 Å². The molecule has 2 radical (unpaired) electrons. The summed E-state index contributed by atoms with van der Waals surface area (Å²) in [6.45, 7) is 0. The molecule has 0 unspecified atom stereocenters. The van der Waals surface area contributed by atoms with Gasteiger partial charge in [0.2, 0.25) is 0 Å². The molecule has 0 N–H and O–H groups in total. The van der Waals surface area contributed by atoms with Gasteiger partial charge in [0.05, 0.1) is 0 Å². The van der Waals surface area contributed by atoms with Crippen LogP contribution in [-0.2, 0) is 105 Å². The minimum absolute atomic E-state index is 0. The Labute approximate surface area is 103 Å². The zero-order valence-corrected chi connectivity index (χ0v) is 13.4. The second-order valence-electron chi connectivity index (χ2n) is 0. The zero-order chi connectivity index (χ0) is 0. The first-order valence-electron chi connectivity index (χ1n) is 0. The van der Waals surface area contributed by atoms with Gasteiger partial charge in [0.15, 0.2) is 0 Å². The summed E-state index contributed by atoms with van der Waals surface area (Å²) >= 11 is 0. The van der Waals surface area contributed by atoms with Crippen LogP contribution in [0.2, 0.25) is 0 Å². The van der Waals surface area contributed by atoms with Crippen molar-refractivity contribution in [1.29, 1.82) is 0 Å². The summed E-state index contributed by atoms with van der Waals surface area (Å²) in [5.41, 5.74) is 0. The summed E-state index contributed by atoms with van der Waals surface area (Å²) in [7, 11) is 0. The van der Waals surface area contributed by atoms with Crippen molar-refractivity contribution in [2.45, 2.75) is 0 Å². The molecule has 0 rings (SSSR count). The average molecular weight is 558 g/mol. The summed E-state index contributed by atoms with van der Waals surface area (Å²) in [6, 6.07) is 0. The Balaban J connectivity index is 0. The van der Waals surface area contributed by atoms with Gasteiger partial charge in [-0.05, 0) is 0 Å². The zero-order valence-electron chi connectivity index (χ0n) is 2.21. The van der Waals surface area contributed by atoms with Crippen LogP contribution in [0.5, 0.6) is 0 Å². The first-order valence-corrected chi connectivity index (χ1v) is 0. The number of hydrogen-bond acceptors (Lipinski definition) is 0. The van der Waals surface area contributed by atoms with Gasteiger partial charge in [0.1, 0.15) is 0 Å². The van der Waals surface area contributed by atoms with Gasteiger partial charge in [-0.25, -0.2) is 0 Å². The monoisotopic (exact) mass is 558 g/mol. The van der Waals surface area contributed by atoms with Crippen molar-refractivity contribution in [3.8, 4) is 0 Å². The molecular weight excluding hydrogens is 558 g/mol. The normalized spacial score (nSPS) is 0. The van der Waals surface area contributed by atoms with Crippen LogP contribution >= 0.6 is 0 Å². The summed E-state index contributed by atoms with van der Waals surface area (Å²) < 4.78 is 0. The third-order valence-electron chi connectivity index (χ3n) is 0. The van der Waals surface area contributed by atoms with Gasteiger partial charge in [0.25, 0.3) is 0 Å². The van der Waals surface area contributed by atoms with Gasteiger partial charge in [-0.3, -0.25) is 0 Å². The summed E-state index contributed by atoms with van der Waals surface area (Å²) in [5.74, 6) is 0. The molecule has 26 valence electrons. The summed E-state index contributed by atoms with van der Waals surface area (Å²) in [4.78, 5) is 0. The Morgan fingerprint density at radius 1 is 1.00 bits per heavy atom. The molecule has 0 fully saturated rings. The molecule has 0 nitrogen and oxygen atoms in total. The molecule has 0 aliphatic carbocycles. The van der Waals surface area contributed by atoms with Crippen molar-refractivity contribution in [3.05, 3.63) is 0 Å². The molecule has 0 heterocycles. The van der Waals surface area contributed by atoms with Crippen LogP contribution in [0.4, 0.5) is 0 Å². The quantitative estimate of drug-likeness (QED) is 0.368. The predicted molar refractivity (Wildman–Crippen MR) is 0 cm³/mol. The average Bonchev–Trinajstić information content (AvgIpc) is 0. The Kier molecular flexibility index (Phi) is 208. The van der Waals surface area contributed by atoms with Crippen molar-refractivity contribution in [2.75, 3.05) is 0 Å². The van der Waals surface area contributed by atoms with Crippen LogP contribution < -0.4 is 0 Å². The smallest absolute Gasteiger partial charge is 0 e. The molecule has 0 spiro atoms. The third kappa shape index (κ3) is 18.6. The van der Waals surface area contributed by atoms with Crippen LogP contribution in [0, 0.1) is 0 Å². The molecule has 0 saturated carbocycles. The molecular formula is CrNbTaTiW. The van der Waals surface area contributed by atoms with E-state index in [0.717, 1.165) is 0 Å². The van der Waals surface area contributed by atoms with E-state index in [1.165, 1.54) is 0 Å². The van der Waals surface area contributed by atoms with Crippen molar-refractivity contribution >= 4 is 0 Å². The summed E-state index contributed by atoms with van der Waals surface area (Å²) in [6.07, 6.45) is 0. The maximum absolute atomic E-state index is 0. The molecule has 0 saturated heterocycles. The van der Waals surface area contributed by atoms with Gasteiger partial charge in [-0.1, -0.05) is 0 Å². The number of rotatable bonds is 0. The predicted octanol–water partition coefficient (Wildman–Crippen LogP) is -0.0125. The summed E-state index contributed by atoms with van der Waals surface area (Å²) in [5, 5.41) is 0. The standard InChI is InChI=1S/Cr.Nb.Ta.Ti.W. The van der Waals surface area contributed by atoms with Gasteiger partial charge in [-0.2, -0.15) is 0 Å². The minimum Gasteiger partial charge on any atom is 0 e. The first-order chi connectivity index (χ1) is 0. The van der Waals surface area contributed by atoms with Gasteiger partial charge in [-0.15, -0.1) is 0 Å². The Bertz CT molecular complexity index is 11.6. The fraction of sp³-hybridized carbons (Fsp3) is 0. The number of hydrogen-bond donors (Lipinski definition) is 0. The van der Waals surface area contributed by atoms with Crippen molar-refractivity contribution < 1.29 is 105 Å². The Morgan fingerprint density at radius 3 is 1.00 bits per heavy atom. The van der Waals surface area contributed by atoms with Crippen molar-refractivity contribution in [2.24, 2.45) is 0 Å². The second-order valence-corrected chi connectivity index (χ2v) is 0. The SMILES string of the molecule is [Cr].[Nb].[Ta].[Ti].[W]. The van der Waals surface area contributed by atoms with E-state index >= 15 is 0 Å². The van der Waals surface area contributed by atoms with E-state index in [1.54, 1.807) is 0 Å². The van der Waals surface area contributed by atoms with Gasteiger partial charge < -0.3 is 0 Å². The molecule has 0 bridgehead atoms. The first kappa shape index (κ1) is 39.7. The van der Waals surface area contributed by atoms with E-state index in [9.17, 15) is 0 Å². The van der Waals surface area contributed by atoms with E-state index in [1.807, 2.05) is 0 Å². The van der Waals surface area contributed by atoms with Crippen LogP contribution in [-0.4, -0.2) is 0 Å². The molecule has 5 heavy (non-hydrogen) atoms. The maximum Gasteiger partial charge on any atom is 0 e. The van der Waals surface area contributed by atoms with Crippen molar-refractivity contribution in [1.82, 2.24) is 0 Å². The van der Waals surface area contributed by atoms with Crippen LogP contribution in [0.1, 0.15) is 0 Å². The molecule has 0 aliphatic rings. The fourth-order valence-corrected chi connectivity index (χ4v) is 0.